The van der Waals surface area contributed by atoms with Crippen LogP contribution in [0.3, 0.4) is 0 Å². The van der Waals surface area contributed by atoms with Gasteiger partial charge in [0.2, 0.25) is 0 Å². The number of hydrogen-bond donors (Lipinski definition) is 3. The van der Waals surface area contributed by atoms with E-state index in [2.05, 4.69) is 26.1 Å². The molecule has 0 unspecified atom stereocenters. The van der Waals surface area contributed by atoms with Crippen LogP contribution in [0, 0.1) is 5.82 Å². The number of benzene rings is 3. The summed E-state index contributed by atoms with van der Waals surface area (Å²) in [5.41, 5.74) is 2.55. The standard InChI is InChI=1S/C25H19ClFN7O2/c1-33-23-9-6-16(10-15(23)12-28-33)30-24(35)19-11-18(7-8-21(19)27)34-14-17(13-29-34)31-25(36)32-22-5-3-2-4-20(22)26/h2-14H,1H3,(H,30,35)(H2,31,32,36). The van der Waals surface area contributed by atoms with Gasteiger partial charge in [-0.15, -0.1) is 0 Å². The highest BCUT2D eigenvalue weighted by Gasteiger charge is 2.15. The van der Waals surface area contributed by atoms with E-state index in [4.69, 9.17) is 11.6 Å². The predicted molar refractivity (Wildman–Crippen MR) is 136 cm³/mol. The number of hydrogen-bond acceptors (Lipinski definition) is 4. The molecule has 0 aliphatic carbocycles. The Morgan fingerprint density at radius 3 is 2.58 bits per heavy atom. The smallest absolute Gasteiger partial charge is 0.322 e. The van der Waals surface area contributed by atoms with E-state index in [-0.39, 0.29) is 5.56 Å². The SMILES string of the molecule is Cn1ncc2cc(NC(=O)c3cc(-n4cc(NC(=O)Nc5ccccc5Cl)cn4)ccc3F)ccc21. The molecule has 36 heavy (non-hydrogen) atoms. The molecule has 2 heterocycles. The van der Waals surface area contributed by atoms with Gasteiger partial charge in [-0.05, 0) is 48.5 Å². The van der Waals surface area contributed by atoms with Crippen molar-refractivity contribution in [3.63, 3.8) is 0 Å². The fourth-order valence-electron chi connectivity index (χ4n) is 3.65. The third-order valence-electron chi connectivity index (χ3n) is 5.43. The molecule has 0 atom stereocenters. The third-order valence-corrected chi connectivity index (χ3v) is 5.76. The van der Waals surface area contributed by atoms with Gasteiger partial charge in [-0.1, -0.05) is 23.7 Å². The van der Waals surface area contributed by atoms with Crippen LogP contribution in [0.1, 0.15) is 10.4 Å². The second kappa shape index (κ2) is 9.51. The van der Waals surface area contributed by atoms with Crippen LogP contribution in [0.2, 0.25) is 5.02 Å². The minimum Gasteiger partial charge on any atom is -0.322 e. The Kier molecular flexibility index (Phi) is 6.09. The van der Waals surface area contributed by atoms with E-state index < -0.39 is 17.8 Å². The number of amides is 3. The van der Waals surface area contributed by atoms with Crippen LogP contribution in [0.5, 0.6) is 0 Å². The van der Waals surface area contributed by atoms with Crippen molar-refractivity contribution in [1.82, 2.24) is 19.6 Å². The van der Waals surface area contributed by atoms with E-state index in [9.17, 15) is 14.0 Å². The lowest BCUT2D eigenvalue weighted by molar-refractivity contribution is 0.102. The van der Waals surface area contributed by atoms with E-state index >= 15 is 0 Å². The highest BCUT2D eigenvalue weighted by Crippen LogP contribution is 2.22. The van der Waals surface area contributed by atoms with Gasteiger partial charge in [-0.2, -0.15) is 10.2 Å². The Balaban J connectivity index is 1.30. The van der Waals surface area contributed by atoms with Crippen LogP contribution >= 0.6 is 11.6 Å². The number of carbonyl (C=O) groups excluding carboxylic acids is 2. The predicted octanol–water partition coefficient (Wildman–Crippen LogP) is 5.45. The van der Waals surface area contributed by atoms with Crippen LogP contribution < -0.4 is 16.0 Å². The van der Waals surface area contributed by atoms with Crippen LogP contribution in [0.15, 0.2) is 79.3 Å². The average Bonchev–Trinajstić information content (AvgIpc) is 3.47. The van der Waals surface area contributed by atoms with E-state index in [0.29, 0.717) is 27.8 Å². The van der Waals surface area contributed by atoms with Gasteiger partial charge in [-0.25, -0.2) is 13.9 Å². The molecular formula is C25H19ClFN7O2. The summed E-state index contributed by atoms with van der Waals surface area (Å²) in [7, 11) is 1.82. The van der Waals surface area contributed by atoms with Crippen molar-refractivity contribution in [2.45, 2.75) is 0 Å². The summed E-state index contributed by atoms with van der Waals surface area (Å²) < 4.78 is 17.7. The second-order valence-corrected chi connectivity index (χ2v) is 8.30. The molecule has 0 saturated carbocycles. The molecule has 0 saturated heterocycles. The van der Waals surface area contributed by atoms with Crippen molar-refractivity contribution in [2.75, 3.05) is 16.0 Å². The molecule has 0 fully saturated rings. The lowest BCUT2D eigenvalue weighted by atomic mass is 10.1. The molecule has 180 valence electrons. The number of fused-ring (bicyclic) bond motifs is 1. The highest BCUT2D eigenvalue weighted by molar-refractivity contribution is 6.33. The van der Waals surface area contributed by atoms with Crippen molar-refractivity contribution in [2.24, 2.45) is 7.05 Å². The molecule has 3 aromatic carbocycles. The van der Waals surface area contributed by atoms with Crippen molar-refractivity contribution in [3.05, 3.63) is 95.7 Å². The van der Waals surface area contributed by atoms with Crippen molar-refractivity contribution < 1.29 is 14.0 Å². The number of nitrogens with one attached hydrogen (secondary N) is 3. The third kappa shape index (κ3) is 4.75. The largest absolute Gasteiger partial charge is 0.323 e. The zero-order chi connectivity index (χ0) is 25.2. The first kappa shape index (κ1) is 23.1. The van der Waals surface area contributed by atoms with Gasteiger partial charge < -0.3 is 16.0 Å². The zero-order valence-corrected chi connectivity index (χ0v) is 19.6. The summed E-state index contributed by atoms with van der Waals surface area (Å²) in [6.07, 6.45) is 4.65. The molecule has 11 heteroatoms. The van der Waals surface area contributed by atoms with Gasteiger partial charge >= 0.3 is 6.03 Å². The molecule has 0 aliphatic rings. The Bertz CT molecular complexity index is 1610. The van der Waals surface area contributed by atoms with Gasteiger partial charge in [0.05, 0.1) is 51.8 Å². The second-order valence-electron chi connectivity index (χ2n) is 7.89. The summed E-state index contributed by atoms with van der Waals surface area (Å²) in [5.74, 6) is -1.29. The van der Waals surface area contributed by atoms with E-state index in [1.807, 2.05) is 13.1 Å². The molecule has 0 radical (unpaired) electrons. The number of aryl methyl sites for hydroxylation is 1. The number of aromatic nitrogens is 4. The molecule has 2 aromatic heterocycles. The number of para-hydroxylation sites is 1. The lowest BCUT2D eigenvalue weighted by Crippen LogP contribution is -2.19. The fourth-order valence-corrected chi connectivity index (χ4v) is 3.83. The number of nitrogens with zero attached hydrogens (tertiary/aromatic N) is 4. The maximum absolute atomic E-state index is 14.5. The number of urea groups is 1. The summed E-state index contributed by atoms with van der Waals surface area (Å²) in [6.45, 7) is 0. The molecule has 0 aliphatic heterocycles. The Morgan fingerprint density at radius 2 is 1.75 bits per heavy atom. The topological polar surface area (TPSA) is 106 Å². The summed E-state index contributed by atoms with van der Waals surface area (Å²) in [4.78, 5) is 25.1. The number of anilines is 3. The molecule has 3 amide bonds. The molecule has 9 nitrogen and oxygen atoms in total. The number of rotatable bonds is 5. The van der Waals surface area contributed by atoms with E-state index in [0.717, 1.165) is 10.9 Å². The Labute approximate surface area is 209 Å². The molecule has 0 spiro atoms. The first-order valence-electron chi connectivity index (χ1n) is 10.8. The monoisotopic (exact) mass is 503 g/mol. The molecule has 0 bridgehead atoms. The fraction of sp³-hybridized carbons (Fsp3) is 0.0400. The van der Waals surface area contributed by atoms with Gasteiger partial charge in [0.1, 0.15) is 5.82 Å². The number of carbonyl (C=O) groups is 2. The number of halogens is 2. The molecule has 5 aromatic rings. The van der Waals surface area contributed by atoms with Gasteiger partial charge in [-0.3, -0.25) is 9.48 Å². The van der Waals surface area contributed by atoms with E-state index in [1.165, 1.54) is 35.3 Å². The maximum Gasteiger partial charge on any atom is 0.323 e. The highest BCUT2D eigenvalue weighted by atomic mass is 35.5. The summed E-state index contributed by atoms with van der Waals surface area (Å²) >= 11 is 6.06. The molecular weight excluding hydrogens is 485 g/mol. The molecule has 3 N–H and O–H groups in total. The first-order valence-corrected chi connectivity index (χ1v) is 11.2. The van der Waals surface area contributed by atoms with Crippen LogP contribution in [0.4, 0.5) is 26.2 Å². The summed E-state index contributed by atoms with van der Waals surface area (Å²) in [5, 5.41) is 17.6. The first-order chi connectivity index (χ1) is 17.4. The Hall–Kier alpha value is -4.70. The van der Waals surface area contributed by atoms with E-state index in [1.54, 1.807) is 47.3 Å². The van der Waals surface area contributed by atoms with Crippen molar-refractivity contribution in [3.8, 4) is 5.69 Å². The Morgan fingerprint density at radius 1 is 0.917 bits per heavy atom. The van der Waals surface area contributed by atoms with Gasteiger partial charge in [0, 0.05) is 18.1 Å². The normalized spacial score (nSPS) is 10.9. The zero-order valence-electron chi connectivity index (χ0n) is 18.9. The minimum absolute atomic E-state index is 0.153. The van der Waals surface area contributed by atoms with Crippen LogP contribution in [0.25, 0.3) is 16.6 Å². The average molecular weight is 504 g/mol. The van der Waals surface area contributed by atoms with Crippen molar-refractivity contribution in [1.29, 1.82) is 0 Å². The van der Waals surface area contributed by atoms with Gasteiger partial charge in [0.15, 0.2) is 0 Å². The molecule has 5 rings (SSSR count). The summed E-state index contributed by atoms with van der Waals surface area (Å²) in [6, 6.07) is 15.7. The van der Waals surface area contributed by atoms with Crippen LogP contribution in [-0.4, -0.2) is 31.5 Å². The lowest BCUT2D eigenvalue weighted by Gasteiger charge is -2.09. The van der Waals surface area contributed by atoms with Crippen molar-refractivity contribution >= 4 is 51.5 Å². The van der Waals surface area contributed by atoms with Crippen LogP contribution in [-0.2, 0) is 7.05 Å². The quantitative estimate of drug-likeness (QED) is 0.296. The maximum atomic E-state index is 14.5. The minimum atomic E-state index is -0.677. The van der Waals surface area contributed by atoms with Gasteiger partial charge in [0.25, 0.3) is 5.91 Å².